The van der Waals surface area contributed by atoms with Crippen molar-refractivity contribution in [2.75, 3.05) is 18.0 Å². The van der Waals surface area contributed by atoms with Crippen LogP contribution in [0.25, 0.3) is 22.4 Å². The molecule has 192 valence electrons. The van der Waals surface area contributed by atoms with Crippen molar-refractivity contribution in [1.82, 2.24) is 9.97 Å². The molecule has 1 saturated carbocycles. The number of aliphatic carboxylic acids is 1. The van der Waals surface area contributed by atoms with Crippen molar-refractivity contribution in [3.8, 4) is 11.4 Å². The lowest BCUT2D eigenvalue weighted by Crippen LogP contribution is -2.30. The highest BCUT2D eigenvalue weighted by molar-refractivity contribution is 5.80. The van der Waals surface area contributed by atoms with Crippen molar-refractivity contribution < 1.29 is 27.5 Å². The van der Waals surface area contributed by atoms with Crippen LogP contribution in [0.1, 0.15) is 56.9 Å². The molecule has 0 atom stereocenters. The number of benzene rings is 2. The zero-order valence-corrected chi connectivity index (χ0v) is 19.9. The molecule has 0 radical (unpaired) electrons. The molecule has 2 aromatic carbocycles. The van der Waals surface area contributed by atoms with E-state index in [1.807, 2.05) is 6.07 Å². The number of rotatable bonds is 4. The SMILES string of the molecule is O=C(O)CC1CCC2(CCCN(c3ccc(-c4nc5ccc(C(F)(F)F)cc5[nH]4)c(F)c3)CC2)CC1. The molecule has 1 aromatic heterocycles. The lowest BCUT2D eigenvalue weighted by Gasteiger charge is -2.39. The molecule has 2 fully saturated rings. The van der Waals surface area contributed by atoms with Gasteiger partial charge in [0.15, 0.2) is 0 Å². The number of aromatic nitrogens is 2. The number of halogens is 4. The number of nitrogens with zero attached hydrogens (tertiary/aromatic N) is 2. The maximum Gasteiger partial charge on any atom is 0.416 e. The Labute approximate surface area is 206 Å². The summed E-state index contributed by atoms with van der Waals surface area (Å²) in [4.78, 5) is 20.4. The second kappa shape index (κ2) is 9.41. The van der Waals surface area contributed by atoms with Gasteiger partial charge < -0.3 is 15.0 Å². The highest BCUT2D eigenvalue weighted by atomic mass is 19.4. The number of hydrogen-bond donors (Lipinski definition) is 2. The van der Waals surface area contributed by atoms with E-state index in [-0.39, 0.29) is 34.7 Å². The largest absolute Gasteiger partial charge is 0.481 e. The van der Waals surface area contributed by atoms with Gasteiger partial charge in [-0.05, 0) is 92.7 Å². The molecule has 3 aromatic rings. The van der Waals surface area contributed by atoms with Crippen molar-refractivity contribution in [2.45, 2.75) is 57.5 Å². The standard InChI is InChI=1S/C27H29F4N3O2/c28-21-16-19(34-12-1-8-26(11-13-34)9-6-17(7-10-26)14-24(35)36)3-4-20(21)25-32-22-5-2-18(27(29,30)31)15-23(22)33-25/h2-5,15-17H,1,6-14H2,(H,32,33)(H,35,36). The van der Waals surface area contributed by atoms with E-state index in [0.717, 1.165) is 75.9 Å². The van der Waals surface area contributed by atoms with E-state index in [1.165, 1.54) is 12.1 Å². The molecule has 2 N–H and O–H groups in total. The lowest BCUT2D eigenvalue weighted by molar-refractivity contribution is -0.139. The molecule has 1 aliphatic heterocycles. The minimum atomic E-state index is -4.46. The van der Waals surface area contributed by atoms with Crippen molar-refractivity contribution in [2.24, 2.45) is 11.3 Å². The lowest BCUT2D eigenvalue weighted by atomic mass is 9.66. The zero-order chi connectivity index (χ0) is 25.5. The van der Waals surface area contributed by atoms with Crippen LogP contribution in [0.5, 0.6) is 0 Å². The van der Waals surface area contributed by atoms with E-state index in [9.17, 15) is 18.0 Å². The molecular weight excluding hydrogens is 474 g/mol. The Morgan fingerprint density at radius 1 is 1.08 bits per heavy atom. The predicted octanol–water partition coefficient (Wildman–Crippen LogP) is 7.03. The van der Waals surface area contributed by atoms with Crippen molar-refractivity contribution >= 4 is 22.7 Å². The van der Waals surface area contributed by atoms with Crippen LogP contribution in [-0.4, -0.2) is 34.1 Å². The molecule has 5 rings (SSSR count). The van der Waals surface area contributed by atoms with Crippen LogP contribution >= 0.6 is 0 Å². The fraction of sp³-hybridized carbons (Fsp3) is 0.481. The number of fused-ring (bicyclic) bond motifs is 1. The Hall–Kier alpha value is -3.10. The quantitative estimate of drug-likeness (QED) is 0.375. The molecule has 1 saturated heterocycles. The summed E-state index contributed by atoms with van der Waals surface area (Å²) in [5.41, 5.74) is 1.01. The first kappa shape index (κ1) is 24.6. The van der Waals surface area contributed by atoms with Crippen molar-refractivity contribution in [1.29, 1.82) is 0 Å². The first-order chi connectivity index (χ1) is 17.1. The highest BCUT2D eigenvalue weighted by Gasteiger charge is 2.37. The number of anilines is 1. The van der Waals surface area contributed by atoms with Gasteiger partial charge in [-0.1, -0.05) is 0 Å². The summed E-state index contributed by atoms with van der Waals surface area (Å²) in [5.74, 6) is -0.730. The van der Waals surface area contributed by atoms with Gasteiger partial charge >= 0.3 is 12.1 Å². The van der Waals surface area contributed by atoms with Gasteiger partial charge in [0.25, 0.3) is 0 Å². The Morgan fingerprint density at radius 3 is 2.56 bits per heavy atom. The summed E-state index contributed by atoms with van der Waals surface area (Å²) in [6, 6.07) is 8.19. The Balaban J connectivity index is 1.29. The second-order valence-corrected chi connectivity index (χ2v) is 10.4. The van der Waals surface area contributed by atoms with Gasteiger partial charge in [-0.2, -0.15) is 13.2 Å². The third-order valence-corrected chi connectivity index (χ3v) is 8.06. The Bertz CT molecular complexity index is 1260. The normalized spacial score (nSPS) is 23.2. The molecule has 1 spiro atoms. The van der Waals surface area contributed by atoms with Crippen LogP contribution < -0.4 is 4.90 Å². The molecule has 9 heteroatoms. The van der Waals surface area contributed by atoms with Gasteiger partial charge in [-0.25, -0.2) is 9.37 Å². The molecule has 1 aliphatic carbocycles. The number of alkyl halides is 3. The number of nitrogens with one attached hydrogen (secondary N) is 1. The van der Waals surface area contributed by atoms with Crippen molar-refractivity contribution in [3.05, 3.63) is 47.8 Å². The van der Waals surface area contributed by atoms with Gasteiger partial charge in [0.2, 0.25) is 0 Å². The number of hydrogen-bond acceptors (Lipinski definition) is 3. The molecule has 2 aliphatic rings. The highest BCUT2D eigenvalue weighted by Crippen LogP contribution is 2.47. The van der Waals surface area contributed by atoms with Crippen LogP contribution in [0, 0.1) is 17.2 Å². The number of imidazole rings is 1. The molecule has 36 heavy (non-hydrogen) atoms. The molecule has 2 heterocycles. The van der Waals surface area contributed by atoms with E-state index in [4.69, 9.17) is 5.11 Å². The fourth-order valence-corrected chi connectivity index (χ4v) is 5.96. The average molecular weight is 504 g/mol. The average Bonchev–Trinajstić information content (AvgIpc) is 3.14. The molecule has 0 amide bonds. The summed E-state index contributed by atoms with van der Waals surface area (Å²) in [6.45, 7) is 1.64. The smallest absolute Gasteiger partial charge is 0.416 e. The Kier molecular flexibility index (Phi) is 6.43. The van der Waals surface area contributed by atoms with E-state index < -0.39 is 23.5 Å². The number of carbonyl (C=O) groups is 1. The maximum absolute atomic E-state index is 15.2. The number of carboxylic acid groups (broad SMARTS) is 1. The van der Waals surface area contributed by atoms with E-state index in [2.05, 4.69) is 14.9 Å². The van der Waals surface area contributed by atoms with Crippen LogP contribution in [0.15, 0.2) is 36.4 Å². The van der Waals surface area contributed by atoms with E-state index in [1.54, 1.807) is 6.07 Å². The summed E-state index contributed by atoms with van der Waals surface area (Å²) >= 11 is 0. The van der Waals surface area contributed by atoms with Gasteiger partial charge in [-0.15, -0.1) is 0 Å². The van der Waals surface area contributed by atoms with E-state index in [0.29, 0.717) is 5.52 Å². The first-order valence-corrected chi connectivity index (χ1v) is 12.5. The summed E-state index contributed by atoms with van der Waals surface area (Å²) in [7, 11) is 0. The topological polar surface area (TPSA) is 69.2 Å². The molecule has 0 unspecified atom stereocenters. The van der Waals surface area contributed by atoms with Crippen LogP contribution in [0.2, 0.25) is 0 Å². The van der Waals surface area contributed by atoms with Crippen molar-refractivity contribution in [3.63, 3.8) is 0 Å². The van der Waals surface area contributed by atoms with Gasteiger partial charge in [0.1, 0.15) is 11.6 Å². The predicted molar refractivity (Wildman–Crippen MR) is 129 cm³/mol. The van der Waals surface area contributed by atoms with Crippen LogP contribution in [0.3, 0.4) is 0 Å². The van der Waals surface area contributed by atoms with Gasteiger partial charge in [0.05, 0.1) is 22.2 Å². The summed E-state index contributed by atoms with van der Waals surface area (Å²) < 4.78 is 54.2. The van der Waals surface area contributed by atoms with E-state index >= 15 is 4.39 Å². The number of H-pyrrole nitrogens is 1. The third kappa shape index (κ3) is 5.06. The third-order valence-electron chi connectivity index (χ3n) is 8.06. The minimum Gasteiger partial charge on any atom is -0.481 e. The first-order valence-electron chi connectivity index (χ1n) is 12.5. The second-order valence-electron chi connectivity index (χ2n) is 10.4. The molecule has 0 bridgehead atoms. The summed E-state index contributed by atoms with van der Waals surface area (Å²) in [6.07, 6.45) is 2.90. The van der Waals surface area contributed by atoms with Crippen LogP contribution in [0.4, 0.5) is 23.2 Å². The number of carboxylic acids is 1. The van der Waals surface area contributed by atoms with Gasteiger partial charge in [0, 0.05) is 25.2 Å². The molecule has 5 nitrogen and oxygen atoms in total. The number of aromatic amines is 1. The fourth-order valence-electron chi connectivity index (χ4n) is 5.96. The van der Waals surface area contributed by atoms with Crippen LogP contribution in [-0.2, 0) is 11.0 Å². The minimum absolute atomic E-state index is 0.196. The zero-order valence-electron chi connectivity index (χ0n) is 19.9. The van der Waals surface area contributed by atoms with Gasteiger partial charge in [-0.3, -0.25) is 4.79 Å². The molecular formula is C27H29F4N3O2. The maximum atomic E-state index is 15.2. The Morgan fingerprint density at radius 2 is 1.86 bits per heavy atom. The monoisotopic (exact) mass is 503 g/mol. The summed E-state index contributed by atoms with van der Waals surface area (Å²) in [5, 5.41) is 9.08.